The van der Waals surface area contributed by atoms with Crippen molar-refractivity contribution in [3.8, 4) is 17.0 Å². The SMILES string of the molecule is COc1cc[n+](O)c(-c2ccc(C)cc2)c1. The minimum Gasteiger partial charge on any atom is -0.496 e. The predicted molar refractivity (Wildman–Crippen MR) is 60.5 cm³/mol. The Morgan fingerprint density at radius 1 is 1.12 bits per heavy atom. The van der Waals surface area contributed by atoms with E-state index in [9.17, 15) is 5.21 Å². The fourth-order valence-electron chi connectivity index (χ4n) is 1.54. The molecule has 0 aliphatic heterocycles. The zero-order valence-electron chi connectivity index (χ0n) is 9.34. The topological polar surface area (TPSA) is 33.3 Å². The molecule has 0 radical (unpaired) electrons. The summed E-state index contributed by atoms with van der Waals surface area (Å²) in [5.74, 6) is 0.723. The van der Waals surface area contributed by atoms with Gasteiger partial charge in [0.2, 0.25) is 6.20 Å². The molecule has 0 saturated heterocycles. The molecule has 1 aromatic carbocycles. The average molecular weight is 216 g/mol. The molecule has 0 saturated carbocycles. The lowest BCUT2D eigenvalue weighted by atomic mass is 10.1. The Hall–Kier alpha value is -2.03. The van der Waals surface area contributed by atoms with Crippen molar-refractivity contribution < 1.29 is 14.7 Å². The zero-order chi connectivity index (χ0) is 11.5. The summed E-state index contributed by atoms with van der Waals surface area (Å²) < 4.78 is 6.22. The number of ether oxygens (including phenoxy) is 1. The number of rotatable bonds is 2. The maximum Gasteiger partial charge on any atom is 0.268 e. The van der Waals surface area contributed by atoms with Crippen LogP contribution in [0.4, 0.5) is 0 Å². The van der Waals surface area contributed by atoms with E-state index in [1.165, 1.54) is 5.56 Å². The summed E-state index contributed by atoms with van der Waals surface area (Å²) >= 11 is 0. The molecule has 0 amide bonds. The highest BCUT2D eigenvalue weighted by molar-refractivity contribution is 5.57. The van der Waals surface area contributed by atoms with E-state index < -0.39 is 0 Å². The smallest absolute Gasteiger partial charge is 0.268 e. The Morgan fingerprint density at radius 3 is 2.44 bits per heavy atom. The van der Waals surface area contributed by atoms with Crippen LogP contribution < -0.4 is 9.47 Å². The van der Waals surface area contributed by atoms with E-state index in [1.807, 2.05) is 31.2 Å². The lowest BCUT2D eigenvalue weighted by Gasteiger charge is -2.01. The molecule has 82 valence electrons. The molecule has 0 unspecified atom stereocenters. The van der Waals surface area contributed by atoms with Crippen LogP contribution in [0.25, 0.3) is 11.3 Å². The lowest BCUT2D eigenvalue weighted by molar-refractivity contribution is -0.896. The van der Waals surface area contributed by atoms with Crippen molar-refractivity contribution in [2.24, 2.45) is 0 Å². The second-order valence-corrected chi connectivity index (χ2v) is 3.66. The van der Waals surface area contributed by atoms with Gasteiger partial charge in [0.1, 0.15) is 5.75 Å². The van der Waals surface area contributed by atoms with E-state index in [0.29, 0.717) is 5.69 Å². The van der Waals surface area contributed by atoms with Gasteiger partial charge in [0, 0.05) is 10.8 Å². The first-order chi connectivity index (χ1) is 7.70. The summed E-state index contributed by atoms with van der Waals surface area (Å²) in [4.78, 5) is 0. The normalized spacial score (nSPS) is 10.1. The highest BCUT2D eigenvalue weighted by Gasteiger charge is 2.13. The predicted octanol–water partition coefficient (Wildman–Crippen LogP) is 2.20. The molecule has 2 aromatic rings. The van der Waals surface area contributed by atoms with Gasteiger partial charge in [-0.2, -0.15) is 0 Å². The number of hydrogen-bond donors (Lipinski definition) is 1. The van der Waals surface area contributed by atoms with Gasteiger partial charge in [-0.3, -0.25) is 5.21 Å². The molecule has 0 atom stereocenters. The van der Waals surface area contributed by atoms with Crippen molar-refractivity contribution in [1.29, 1.82) is 0 Å². The minimum absolute atomic E-state index is 0.708. The number of aryl methyl sites for hydroxylation is 1. The van der Waals surface area contributed by atoms with Crippen LogP contribution in [0.5, 0.6) is 5.75 Å². The van der Waals surface area contributed by atoms with Crippen molar-refractivity contribution in [3.63, 3.8) is 0 Å². The minimum atomic E-state index is 0.708. The van der Waals surface area contributed by atoms with Crippen LogP contribution >= 0.6 is 0 Å². The summed E-state index contributed by atoms with van der Waals surface area (Å²) in [6.07, 6.45) is 1.56. The summed E-state index contributed by atoms with van der Waals surface area (Å²) in [6, 6.07) is 11.5. The highest BCUT2D eigenvalue weighted by Crippen LogP contribution is 2.19. The fourth-order valence-corrected chi connectivity index (χ4v) is 1.54. The molecule has 16 heavy (non-hydrogen) atoms. The number of methoxy groups -OCH3 is 1. The Balaban J connectivity index is 2.50. The molecule has 0 aliphatic rings. The van der Waals surface area contributed by atoms with Crippen molar-refractivity contribution in [2.75, 3.05) is 7.11 Å². The zero-order valence-corrected chi connectivity index (χ0v) is 9.34. The van der Waals surface area contributed by atoms with Crippen LogP contribution in [0, 0.1) is 6.92 Å². The van der Waals surface area contributed by atoms with Gasteiger partial charge in [-0.05, 0) is 19.1 Å². The third kappa shape index (κ3) is 1.98. The summed E-state index contributed by atoms with van der Waals surface area (Å²) in [7, 11) is 1.61. The van der Waals surface area contributed by atoms with Gasteiger partial charge in [0.25, 0.3) is 5.69 Å². The fraction of sp³-hybridized carbons (Fsp3) is 0.154. The Morgan fingerprint density at radius 2 is 1.81 bits per heavy atom. The number of pyridine rings is 1. The van der Waals surface area contributed by atoms with Crippen molar-refractivity contribution in [1.82, 2.24) is 0 Å². The number of nitrogens with zero attached hydrogens (tertiary/aromatic N) is 1. The Labute approximate surface area is 94.5 Å². The number of benzene rings is 1. The molecule has 2 rings (SSSR count). The highest BCUT2D eigenvalue weighted by atomic mass is 16.5. The van der Waals surface area contributed by atoms with Crippen molar-refractivity contribution >= 4 is 0 Å². The maximum atomic E-state index is 9.71. The van der Waals surface area contributed by atoms with Gasteiger partial charge < -0.3 is 4.74 Å². The third-order valence-electron chi connectivity index (χ3n) is 2.49. The number of aromatic nitrogens is 1. The second kappa shape index (κ2) is 4.23. The van der Waals surface area contributed by atoms with E-state index in [1.54, 1.807) is 25.4 Å². The van der Waals surface area contributed by atoms with Crippen molar-refractivity contribution in [2.45, 2.75) is 6.92 Å². The van der Waals surface area contributed by atoms with Crippen LogP contribution in [-0.4, -0.2) is 12.3 Å². The van der Waals surface area contributed by atoms with Gasteiger partial charge in [-0.25, -0.2) is 0 Å². The second-order valence-electron chi connectivity index (χ2n) is 3.66. The first kappa shape index (κ1) is 10.5. The van der Waals surface area contributed by atoms with E-state index in [2.05, 4.69) is 0 Å². The molecule has 1 aromatic heterocycles. The third-order valence-corrected chi connectivity index (χ3v) is 2.49. The van der Waals surface area contributed by atoms with Gasteiger partial charge >= 0.3 is 0 Å². The average Bonchev–Trinajstić information content (AvgIpc) is 2.31. The lowest BCUT2D eigenvalue weighted by Crippen LogP contribution is -2.31. The molecule has 0 spiro atoms. The van der Waals surface area contributed by atoms with Crippen LogP contribution in [0.1, 0.15) is 5.56 Å². The Bertz CT molecular complexity index is 492. The van der Waals surface area contributed by atoms with Gasteiger partial charge in [0.05, 0.1) is 18.7 Å². The van der Waals surface area contributed by atoms with Gasteiger partial charge in [-0.1, -0.05) is 17.7 Å². The van der Waals surface area contributed by atoms with Gasteiger partial charge in [-0.15, -0.1) is 0 Å². The molecule has 0 aliphatic carbocycles. The molecule has 0 bridgehead atoms. The number of hydrogen-bond acceptors (Lipinski definition) is 2. The summed E-state index contributed by atoms with van der Waals surface area (Å²) in [6.45, 7) is 2.03. The van der Waals surface area contributed by atoms with Crippen LogP contribution in [0.15, 0.2) is 42.6 Å². The molecule has 3 nitrogen and oxygen atoms in total. The molecular weight excluding hydrogens is 202 g/mol. The van der Waals surface area contributed by atoms with E-state index in [4.69, 9.17) is 4.74 Å². The van der Waals surface area contributed by atoms with Crippen LogP contribution in [0.2, 0.25) is 0 Å². The Kier molecular flexibility index (Phi) is 2.77. The van der Waals surface area contributed by atoms with Crippen LogP contribution in [0.3, 0.4) is 0 Å². The molecule has 1 heterocycles. The summed E-state index contributed by atoms with van der Waals surface area (Å²) in [5.41, 5.74) is 2.85. The van der Waals surface area contributed by atoms with Gasteiger partial charge in [0.15, 0.2) is 0 Å². The van der Waals surface area contributed by atoms with E-state index in [0.717, 1.165) is 16.0 Å². The standard InChI is InChI=1S/C13H14NO2/c1-10-3-5-11(6-4-10)13-9-12(16-2)7-8-14(13)15/h3-9,15H,1-2H3/q+1. The first-order valence-electron chi connectivity index (χ1n) is 5.06. The molecular formula is C13H14NO2+. The molecule has 3 heteroatoms. The van der Waals surface area contributed by atoms with E-state index in [-0.39, 0.29) is 0 Å². The molecule has 0 fully saturated rings. The first-order valence-corrected chi connectivity index (χ1v) is 5.06. The quantitative estimate of drug-likeness (QED) is 0.616. The molecule has 1 N–H and O–H groups in total. The monoisotopic (exact) mass is 216 g/mol. The summed E-state index contributed by atoms with van der Waals surface area (Å²) in [5, 5.41) is 9.71. The van der Waals surface area contributed by atoms with E-state index >= 15 is 0 Å². The van der Waals surface area contributed by atoms with Crippen LogP contribution in [-0.2, 0) is 0 Å². The van der Waals surface area contributed by atoms with Crippen molar-refractivity contribution in [3.05, 3.63) is 48.2 Å². The maximum absolute atomic E-state index is 9.71. The largest absolute Gasteiger partial charge is 0.496 e.